The quantitative estimate of drug-likeness (QED) is 0.782. The van der Waals surface area contributed by atoms with Gasteiger partial charge >= 0.3 is 0 Å². The second-order valence-electron chi connectivity index (χ2n) is 4.09. The Kier molecular flexibility index (Phi) is 5.78. The van der Waals surface area contributed by atoms with E-state index in [1.807, 2.05) is 6.92 Å². The predicted octanol–water partition coefficient (Wildman–Crippen LogP) is 2.54. The molecule has 0 saturated heterocycles. The second kappa shape index (κ2) is 7.11. The van der Waals surface area contributed by atoms with Crippen LogP contribution in [0.5, 0.6) is 11.5 Å². The van der Waals surface area contributed by atoms with Crippen molar-refractivity contribution in [1.82, 2.24) is 5.32 Å². The largest absolute Gasteiger partial charge is 0.504 e. The minimum Gasteiger partial charge on any atom is -0.504 e. The lowest BCUT2D eigenvalue weighted by Crippen LogP contribution is -2.32. The highest BCUT2D eigenvalue weighted by molar-refractivity contribution is 6.17. The average Bonchev–Trinajstić information content (AvgIpc) is 2.36. The fourth-order valence-electron chi connectivity index (χ4n) is 1.59. The van der Waals surface area contributed by atoms with E-state index in [0.29, 0.717) is 17.2 Å². The molecule has 0 radical (unpaired) electrons. The molecular formula is C13H18ClNO3. The molecule has 0 fully saturated rings. The Hall–Kier alpha value is -1.42. The zero-order valence-corrected chi connectivity index (χ0v) is 11.3. The van der Waals surface area contributed by atoms with Gasteiger partial charge in [0.05, 0.1) is 7.11 Å². The van der Waals surface area contributed by atoms with Crippen molar-refractivity contribution in [1.29, 1.82) is 0 Å². The lowest BCUT2D eigenvalue weighted by Gasteiger charge is -2.13. The number of aromatic hydroxyl groups is 1. The van der Waals surface area contributed by atoms with E-state index in [0.717, 1.165) is 12.8 Å². The molecule has 5 heteroatoms. The molecule has 0 heterocycles. The Morgan fingerprint density at radius 1 is 1.56 bits per heavy atom. The molecule has 2 N–H and O–H groups in total. The molecule has 0 spiro atoms. The van der Waals surface area contributed by atoms with E-state index in [-0.39, 0.29) is 17.7 Å². The van der Waals surface area contributed by atoms with E-state index in [1.54, 1.807) is 12.1 Å². The van der Waals surface area contributed by atoms with Gasteiger partial charge in [0.25, 0.3) is 5.91 Å². The monoisotopic (exact) mass is 271 g/mol. The number of hydrogen-bond acceptors (Lipinski definition) is 3. The minimum atomic E-state index is -0.213. The van der Waals surface area contributed by atoms with E-state index in [1.165, 1.54) is 13.2 Å². The summed E-state index contributed by atoms with van der Waals surface area (Å²) < 4.78 is 4.92. The van der Waals surface area contributed by atoms with Crippen LogP contribution in [0.25, 0.3) is 0 Å². The summed E-state index contributed by atoms with van der Waals surface area (Å²) in [5, 5.41) is 12.4. The molecule has 4 nitrogen and oxygen atoms in total. The van der Waals surface area contributed by atoms with Gasteiger partial charge in [0.15, 0.2) is 11.5 Å². The van der Waals surface area contributed by atoms with Crippen LogP contribution in [0.3, 0.4) is 0 Å². The molecule has 0 aliphatic heterocycles. The van der Waals surface area contributed by atoms with E-state index < -0.39 is 0 Å². The first kappa shape index (κ1) is 14.6. The average molecular weight is 272 g/mol. The highest BCUT2D eigenvalue weighted by Crippen LogP contribution is 2.26. The first-order valence-corrected chi connectivity index (χ1v) is 6.35. The third-order valence-electron chi connectivity index (χ3n) is 2.59. The van der Waals surface area contributed by atoms with Gasteiger partial charge in [-0.1, -0.05) is 0 Å². The van der Waals surface area contributed by atoms with Crippen molar-refractivity contribution in [2.45, 2.75) is 25.8 Å². The van der Waals surface area contributed by atoms with Crippen molar-refractivity contribution < 1.29 is 14.6 Å². The summed E-state index contributed by atoms with van der Waals surface area (Å²) in [6, 6.07) is 4.62. The number of hydrogen-bond donors (Lipinski definition) is 2. The van der Waals surface area contributed by atoms with Crippen molar-refractivity contribution in [3.63, 3.8) is 0 Å². The summed E-state index contributed by atoms with van der Waals surface area (Å²) >= 11 is 5.59. The number of halogens is 1. The van der Waals surface area contributed by atoms with E-state index in [9.17, 15) is 9.90 Å². The van der Waals surface area contributed by atoms with Crippen LogP contribution in [0.4, 0.5) is 0 Å². The third kappa shape index (κ3) is 4.11. The number of rotatable bonds is 6. The lowest BCUT2D eigenvalue weighted by molar-refractivity contribution is 0.0938. The number of carbonyl (C=O) groups excluding carboxylic acids is 1. The van der Waals surface area contributed by atoms with Gasteiger partial charge in [-0.3, -0.25) is 4.79 Å². The number of nitrogens with one attached hydrogen (secondary N) is 1. The zero-order chi connectivity index (χ0) is 13.5. The number of ether oxygens (including phenoxy) is 1. The first-order valence-electron chi connectivity index (χ1n) is 5.82. The number of phenolic OH excluding ortho intramolecular Hbond substituents is 1. The van der Waals surface area contributed by atoms with Crippen LogP contribution in [0.1, 0.15) is 30.1 Å². The number of phenols is 1. The van der Waals surface area contributed by atoms with Crippen molar-refractivity contribution in [3.05, 3.63) is 23.8 Å². The topological polar surface area (TPSA) is 58.6 Å². The van der Waals surface area contributed by atoms with Crippen LogP contribution in [0.2, 0.25) is 0 Å². The standard InChI is InChI=1S/C13H18ClNO3/c1-9(4-3-7-14)15-13(17)10-5-6-12(18-2)11(16)8-10/h5-6,8-9,16H,3-4,7H2,1-2H3,(H,15,17). The fourth-order valence-corrected chi connectivity index (χ4v) is 1.75. The minimum absolute atomic E-state index is 0.0430. The Bertz CT molecular complexity index is 409. The summed E-state index contributed by atoms with van der Waals surface area (Å²) in [6.45, 7) is 1.92. The van der Waals surface area contributed by atoms with Gasteiger partial charge < -0.3 is 15.2 Å². The van der Waals surface area contributed by atoms with Crippen LogP contribution in [-0.4, -0.2) is 30.0 Å². The van der Waals surface area contributed by atoms with Crippen LogP contribution in [0.15, 0.2) is 18.2 Å². The molecule has 1 rings (SSSR count). The van der Waals surface area contributed by atoms with Crippen LogP contribution in [-0.2, 0) is 0 Å². The number of amides is 1. The van der Waals surface area contributed by atoms with Gasteiger partial charge in [0.1, 0.15) is 0 Å². The molecule has 1 aromatic rings. The molecule has 1 aromatic carbocycles. The van der Waals surface area contributed by atoms with Gasteiger partial charge in [-0.15, -0.1) is 11.6 Å². The Morgan fingerprint density at radius 2 is 2.28 bits per heavy atom. The summed E-state index contributed by atoms with van der Waals surface area (Å²) in [5.74, 6) is 0.680. The van der Waals surface area contributed by atoms with Crippen molar-refractivity contribution >= 4 is 17.5 Å². The van der Waals surface area contributed by atoms with Gasteiger partial charge in [0, 0.05) is 17.5 Å². The first-order chi connectivity index (χ1) is 8.58. The molecule has 0 aliphatic carbocycles. The molecule has 0 aromatic heterocycles. The summed E-state index contributed by atoms with van der Waals surface area (Å²) in [4.78, 5) is 11.9. The van der Waals surface area contributed by atoms with E-state index in [2.05, 4.69) is 5.32 Å². The highest BCUT2D eigenvalue weighted by atomic mass is 35.5. The normalized spacial score (nSPS) is 11.9. The SMILES string of the molecule is COc1ccc(C(=O)NC(C)CCCCl)cc1O. The number of methoxy groups -OCH3 is 1. The maximum atomic E-state index is 11.9. The van der Waals surface area contributed by atoms with Crippen LogP contribution in [0, 0.1) is 0 Å². The Labute approximate surface area is 112 Å². The molecule has 18 heavy (non-hydrogen) atoms. The summed E-state index contributed by atoms with van der Waals surface area (Å²) in [5.41, 5.74) is 0.408. The molecule has 0 aliphatic rings. The van der Waals surface area contributed by atoms with E-state index >= 15 is 0 Å². The Balaban J connectivity index is 2.64. The van der Waals surface area contributed by atoms with Gasteiger partial charge in [-0.25, -0.2) is 0 Å². The molecule has 1 amide bonds. The number of alkyl halides is 1. The number of carbonyl (C=O) groups is 1. The highest BCUT2D eigenvalue weighted by Gasteiger charge is 2.11. The maximum Gasteiger partial charge on any atom is 0.251 e. The zero-order valence-electron chi connectivity index (χ0n) is 10.6. The van der Waals surface area contributed by atoms with Gasteiger partial charge in [-0.05, 0) is 38.0 Å². The number of benzene rings is 1. The molecule has 100 valence electrons. The predicted molar refractivity (Wildman–Crippen MR) is 71.5 cm³/mol. The summed E-state index contributed by atoms with van der Waals surface area (Å²) in [7, 11) is 1.46. The van der Waals surface area contributed by atoms with Gasteiger partial charge in [-0.2, -0.15) is 0 Å². The van der Waals surface area contributed by atoms with Gasteiger partial charge in [0.2, 0.25) is 0 Å². The smallest absolute Gasteiger partial charge is 0.251 e. The Morgan fingerprint density at radius 3 is 2.83 bits per heavy atom. The van der Waals surface area contributed by atoms with Crippen molar-refractivity contribution in [2.24, 2.45) is 0 Å². The van der Waals surface area contributed by atoms with Crippen LogP contribution < -0.4 is 10.1 Å². The fraction of sp³-hybridized carbons (Fsp3) is 0.462. The van der Waals surface area contributed by atoms with Crippen molar-refractivity contribution in [3.8, 4) is 11.5 Å². The van der Waals surface area contributed by atoms with E-state index in [4.69, 9.17) is 16.3 Å². The molecular weight excluding hydrogens is 254 g/mol. The second-order valence-corrected chi connectivity index (χ2v) is 4.47. The maximum absolute atomic E-state index is 11.9. The van der Waals surface area contributed by atoms with Crippen LogP contribution >= 0.6 is 11.6 Å². The molecule has 0 bridgehead atoms. The van der Waals surface area contributed by atoms with Crippen molar-refractivity contribution in [2.75, 3.05) is 13.0 Å². The third-order valence-corrected chi connectivity index (χ3v) is 2.86. The lowest BCUT2D eigenvalue weighted by atomic mass is 10.1. The molecule has 1 unspecified atom stereocenters. The molecule has 1 atom stereocenters. The summed E-state index contributed by atoms with van der Waals surface area (Å²) in [6.07, 6.45) is 1.69. The molecule has 0 saturated carbocycles.